The summed E-state index contributed by atoms with van der Waals surface area (Å²) < 4.78 is 2.78. The van der Waals surface area contributed by atoms with Gasteiger partial charge in [-0.2, -0.15) is 0 Å². The Morgan fingerprint density at radius 3 is 1.62 bits per heavy atom. The highest BCUT2D eigenvalue weighted by molar-refractivity contribution is 6.53. The molecule has 0 aliphatic heterocycles. The zero-order valence-corrected chi connectivity index (χ0v) is 14.9. The summed E-state index contributed by atoms with van der Waals surface area (Å²) in [6, 6.07) is 18.3. The van der Waals surface area contributed by atoms with Gasteiger partial charge in [-0.3, -0.25) is 0 Å². The molecule has 0 N–H and O–H groups in total. The van der Waals surface area contributed by atoms with Gasteiger partial charge in [-0.25, -0.2) is 0 Å². The minimum atomic E-state index is -0.948. The third-order valence-corrected chi connectivity index (χ3v) is 6.60. The van der Waals surface area contributed by atoms with Crippen molar-refractivity contribution in [2.24, 2.45) is 0 Å². The van der Waals surface area contributed by atoms with E-state index in [0.29, 0.717) is 6.04 Å². The Morgan fingerprint density at radius 1 is 0.810 bits per heavy atom. The summed E-state index contributed by atoms with van der Waals surface area (Å²) in [5.74, 6) is 0. The maximum atomic E-state index is 2.78. The van der Waals surface area contributed by atoms with Gasteiger partial charge in [-0.05, 0) is 43.0 Å². The fraction of sp³-hybridized carbons (Fsp3) is 0.368. The zero-order valence-electron chi connectivity index (χ0n) is 13.7. The lowest BCUT2D eigenvalue weighted by atomic mass is 10.00. The van der Waals surface area contributed by atoms with Gasteiger partial charge >= 0.3 is 0 Å². The molecule has 1 nitrogen and oxygen atoms in total. The quantitative estimate of drug-likeness (QED) is 0.717. The third kappa shape index (κ3) is 2.37. The molecule has 3 rings (SSSR count). The van der Waals surface area contributed by atoms with Gasteiger partial charge in [-0.15, -0.1) is 0 Å². The molecule has 21 heavy (non-hydrogen) atoms. The van der Waals surface area contributed by atoms with Crippen molar-refractivity contribution in [1.29, 1.82) is 0 Å². The SMILES string of the molecule is C[SiH](C)N(C1c2ccccc2-c2ccccc21)C(C)(C)C. The number of rotatable bonds is 2. The van der Waals surface area contributed by atoms with Crippen LogP contribution < -0.4 is 0 Å². The van der Waals surface area contributed by atoms with Crippen molar-refractivity contribution in [3.8, 4) is 11.1 Å². The third-order valence-electron chi connectivity index (χ3n) is 4.41. The Morgan fingerprint density at radius 2 is 1.24 bits per heavy atom. The highest BCUT2D eigenvalue weighted by atomic mass is 28.3. The normalized spacial score (nSPS) is 14.6. The Balaban J connectivity index is 2.23. The fourth-order valence-corrected chi connectivity index (χ4v) is 6.36. The standard InChI is InChI=1S/C19H25NSi/c1-19(2,3)20(21(4)5)18-16-12-8-6-10-14(16)15-11-7-9-13-17(15)18/h6-13,18,21H,1-5H3. The topological polar surface area (TPSA) is 3.24 Å². The highest BCUT2D eigenvalue weighted by Crippen LogP contribution is 2.48. The number of nitrogens with zero attached hydrogens (tertiary/aromatic N) is 1. The summed E-state index contributed by atoms with van der Waals surface area (Å²) in [5, 5.41) is 0. The van der Waals surface area contributed by atoms with Crippen LogP contribution in [0.5, 0.6) is 0 Å². The molecule has 0 unspecified atom stereocenters. The summed E-state index contributed by atoms with van der Waals surface area (Å²) in [5.41, 5.74) is 5.99. The first kappa shape index (κ1) is 14.5. The van der Waals surface area contributed by atoms with Gasteiger partial charge in [0.1, 0.15) is 8.96 Å². The van der Waals surface area contributed by atoms with Crippen LogP contribution in [0.2, 0.25) is 13.1 Å². The smallest absolute Gasteiger partial charge is 0.107 e. The van der Waals surface area contributed by atoms with Gasteiger partial charge in [0, 0.05) is 5.54 Å². The van der Waals surface area contributed by atoms with Gasteiger partial charge in [-0.1, -0.05) is 61.6 Å². The molecule has 0 heterocycles. The number of benzene rings is 2. The van der Waals surface area contributed by atoms with E-state index in [2.05, 4.69) is 87.0 Å². The van der Waals surface area contributed by atoms with Gasteiger partial charge in [0.05, 0.1) is 6.04 Å². The van der Waals surface area contributed by atoms with Crippen LogP contribution >= 0.6 is 0 Å². The molecule has 0 bridgehead atoms. The maximum Gasteiger partial charge on any atom is 0.107 e. The van der Waals surface area contributed by atoms with Crippen molar-refractivity contribution in [1.82, 2.24) is 4.57 Å². The zero-order chi connectivity index (χ0) is 15.2. The molecule has 1 aliphatic carbocycles. The Bertz CT molecular complexity index is 609. The molecule has 0 spiro atoms. The molecular weight excluding hydrogens is 270 g/mol. The van der Waals surface area contributed by atoms with Gasteiger partial charge in [0.15, 0.2) is 0 Å². The predicted octanol–water partition coefficient (Wildman–Crippen LogP) is 4.84. The summed E-state index contributed by atoms with van der Waals surface area (Å²) in [4.78, 5) is 0. The number of hydrogen-bond donors (Lipinski definition) is 0. The molecule has 0 amide bonds. The Labute approximate surface area is 130 Å². The molecule has 0 saturated carbocycles. The Hall–Kier alpha value is -1.38. The molecule has 2 aromatic carbocycles. The van der Waals surface area contributed by atoms with Crippen molar-refractivity contribution < 1.29 is 0 Å². The first-order valence-electron chi connectivity index (χ1n) is 7.88. The van der Waals surface area contributed by atoms with Crippen molar-refractivity contribution in [2.45, 2.75) is 45.4 Å². The average Bonchev–Trinajstić information content (AvgIpc) is 2.73. The van der Waals surface area contributed by atoms with Crippen LogP contribution in [0.3, 0.4) is 0 Å². The molecule has 0 radical (unpaired) electrons. The molecule has 2 heteroatoms. The minimum absolute atomic E-state index is 0.190. The fourth-order valence-electron chi connectivity index (χ4n) is 3.89. The van der Waals surface area contributed by atoms with Crippen LogP contribution in [0.25, 0.3) is 11.1 Å². The number of fused-ring (bicyclic) bond motifs is 3. The lowest BCUT2D eigenvalue weighted by Crippen LogP contribution is -2.50. The summed E-state index contributed by atoms with van der Waals surface area (Å²) >= 11 is 0. The first-order chi connectivity index (χ1) is 9.91. The second-order valence-electron chi connectivity index (χ2n) is 7.25. The lowest BCUT2D eigenvalue weighted by Gasteiger charge is -2.44. The van der Waals surface area contributed by atoms with Crippen LogP contribution in [0, 0.1) is 0 Å². The predicted molar refractivity (Wildman–Crippen MR) is 94.2 cm³/mol. The lowest BCUT2D eigenvalue weighted by molar-refractivity contribution is 0.212. The van der Waals surface area contributed by atoms with Gasteiger partial charge < -0.3 is 4.57 Å². The second kappa shape index (κ2) is 5.11. The highest BCUT2D eigenvalue weighted by Gasteiger charge is 2.38. The van der Waals surface area contributed by atoms with E-state index in [0.717, 1.165) is 0 Å². The van der Waals surface area contributed by atoms with Crippen molar-refractivity contribution in [3.05, 3.63) is 59.7 Å². The van der Waals surface area contributed by atoms with Crippen LogP contribution in [0.15, 0.2) is 48.5 Å². The minimum Gasteiger partial charge on any atom is -0.312 e. The molecule has 1 aliphatic rings. The molecule has 0 atom stereocenters. The van der Waals surface area contributed by atoms with Crippen LogP contribution in [0.1, 0.15) is 37.9 Å². The summed E-state index contributed by atoms with van der Waals surface area (Å²) in [7, 11) is -0.948. The van der Waals surface area contributed by atoms with Crippen LogP contribution in [-0.4, -0.2) is 19.1 Å². The average molecular weight is 296 g/mol. The van der Waals surface area contributed by atoms with E-state index in [1.54, 1.807) is 0 Å². The van der Waals surface area contributed by atoms with E-state index in [1.807, 2.05) is 0 Å². The van der Waals surface area contributed by atoms with Crippen LogP contribution in [0.4, 0.5) is 0 Å². The van der Waals surface area contributed by atoms with Crippen molar-refractivity contribution in [2.75, 3.05) is 0 Å². The van der Waals surface area contributed by atoms with Gasteiger partial charge in [0.2, 0.25) is 0 Å². The first-order valence-corrected chi connectivity index (χ1v) is 10.7. The molecule has 0 aromatic heterocycles. The van der Waals surface area contributed by atoms with E-state index in [9.17, 15) is 0 Å². The molecule has 0 fully saturated rings. The largest absolute Gasteiger partial charge is 0.312 e. The molecule has 110 valence electrons. The van der Waals surface area contributed by atoms with E-state index in [1.165, 1.54) is 22.3 Å². The van der Waals surface area contributed by atoms with E-state index in [-0.39, 0.29) is 5.54 Å². The monoisotopic (exact) mass is 295 g/mol. The van der Waals surface area contributed by atoms with E-state index in [4.69, 9.17) is 0 Å². The number of hydrogen-bond acceptors (Lipinski definition) is 1. The van der Waals surface area contributed by atoms with Crippen LogP contribution in [-0.2, 0) is 0 Å². The molecular formula is C19H25NSi. The summed E-state index contributed by atoms with van der Waals surface area (Å²) in [6.45, 7) is 11.9. The Kier molecular flexibility index (Phi) is 3.54. The van der Waals surface area contributed by atoms with Gasteiger partial charge in [0.25, 0.3) is 0 Å². The van der Waals surface area contributed by atoms with E-state index >= 15 is 0 Å². The van der Waals surface area contributed by atoms with Crippen molar-refractivity contribution >= 4 is 8.96 Å². The maximum absolute atomic E-state index is 2.78. The summed E-state index contributed by atoms with van der Waals surface area (Å²) in [6.07, 6.45) is 0. The van der Waals surface area contributed by atoms with E-state index < -0.39 is 8.96 Å². The van der Waals surface area contributed by atoms with Crippen molar-refractivity contribution in [3.63, 3.8) is 0 Å². The molecule has 2 aromatic rings. The molecule has 0 saturated heterocycles. The second-order valence-corrected chi connectivity index (χ2v) is 9.99.